The summed E-state index contributed by atoms with van der Waals surface area (Å²) in [7, 11) is 0. The molecule has 0 aromatic carbocycles. The number of carbonyl (C=O) groups excluding carboxylic acids is 1. The van der Waals surface area contributed by atoms with E-state index < -0.39 is 5.97 Å². The van der Waals surface area contributed by atoms with Gasteiger partial charge in [-0.05, 0) is 26.7 Å². The van der Waals surface area contributed by atoms with Crippen LogP contribution in [-0.2, 0) is 11.3 Å². The molecule has 0 radical (unpaired) electrons. The van der Waals surface area contributed by atoms with Gasteiger partial charge in [0.2, 0.25) is 5.91 Å². The van der Waals surface area contributed by atoms with E-state index in [-0.39, 0.29) is 24.1 Å². The second-order valence-corrected chi connectivity index (χ2v) is 4.87. The Balaban J connectivity index is 3.12. The monoisotopic (exact) mass is 296 g/mol. The van der Waals surface area contributed by atoms with Gasteiger partial charge in [-0.3, -0.25) is 4.79 Å². The fourth-order valence-corrected chi connectivity index (χ4v) is 2.47. The van der Waals surface area contributed by atoms with E-state index in [2.05, 4.69) is 10.3 Å². The van der Waals surface area contributed by atoms with Crippen molar-refractivity contribution in [3.05, 3.63) is 11.4 Å². The van der Waals surface area contributed by atoms with Crippen LogP contribution in [0.3, 0.4) is 0 Å². The lowest BCUT2D eigenvalue weighted by Gasteiger charge is -2.20. The molecule has 0 saturated carbocycles. The van der Waals surface area contributed by atoms with Crippen LogP contribution in [0.1, 0.15) is 62.6 Å². The number of likely N-dealkylation sites (N-methyl/N-ethyl adjacent to an activating group) is 1. The molecule has 0 fully saturated rings. The van der Waals surface area contributed by atoms with Crippen molar-refractivity contribution in [3.63, 3.8) is 0 Å². The zero-order chi connectivity index (χ0) is 16.0. The molecule has 118 valence electrons. The predicted molar refractivity (Wildman–Crippen MR) is 78.2 cm³/mol. The van der Waals surface area contributed by atoms with Gasteiger partial charge in [0.05, 0.1) is 5.69 Å². The molecule has 1 N–H and O–H groups in total. The Morgan fingerprint density at radius 2 is 1.76 bits per heavy atom. The van der Waals surface area contributed by atoms with E-state index in [0.717, 1.165) is 12.8 Å². The highest BCUT2D eigenvalue weighted by Gasteiger charge is 2.26. The lowest BCUT2D eigenvalue weighted by atomic mass is 9.97. The molecule has 1 aromatic heterocycles. The van der Waals surface area contributed by atoms with Crippen molar-refractivity contribution in [3.8, 4) is 0 Å². The minimum atomic E-state index is -1.10. The molecule has 1 amide bonds. The lowest BCUT2D eigenvalue weighted by Crippen LogP contribution is -2.34. The molecule has 0 aliphatic rings. The Bertz CT molecular complexity index is 490. The second kappa shape index (κ2) is 7.75. The number of aromatic nitrogens is 3. The third kappa shape index (κ3) is 3.80. The largest absolute Gasteiger partial charge is 0.476 e. The molecule has 1 rings (SSSR count). The summed E-state index contributed by atoms with van der Waals surface area (Å²) in [6.07, 6.45) is 1.56. The van der Waals surface area contributed by atoms with Crippen molar-refractivity contribution in [2.75, 3.05) is 13.1 Å². The molecule has 0 atom stereocenters. The highest BCUT2D eigenvalue weighted by Crippen LogP contribution is 2.25. The van der Waals surface area contributed by atoms with Crippen LogP contribution in [0, 0.1) is 0 Å². The molecule has 21 heavy (non-hydrogen) atoms. The summed E-state index contributed by atoms with van der Waals surface area (Å²) in [5, 5.41) is 16.9. The Morgan fingerprint density at radius 3 is 2.19 bits per heavy atom. The van der Waals surface area contributed by atoms with E-state index in [1.165, 1.54) is 4.68 Å². The normalized spacial score (nSPS) is 10.9. The van der Waals surface area contributed by atoms with E-state index in [0.29, 0.717) is 18.8 Å². The van der Waals surface area contributed by atoms with Gasteiger partial charge in [-0.25, -0.2) is 9.48 Å². The van der Waals surface area contributed by atoms with Gasteiger partial charge in [-0.1, -0.05) is 19.1 Å². The molecule has 0 saturated heterocycles. The summed E-state index contributed by atoms with van der Waals surface area (Å²) in [6.45, 7) is 9.08. The quantitative estimate of drug-likeness (QED) is 0.789. The first kappa shape index (κ1) is 17.1. The first-order valence-electron chi connectivity index (χ1n) is 7.44. The van der Waals surface area contributed by atoms with Crippen molar-refractivity contribution >= 4 is 11.9 Å². The SMILES string of the molecule is CCC(CC)c1c(C(=O)O)nnn1CC(=O)N(CC)CC. The van der Waals surface area contributed by atoms with Crippen molar-refractivity contribution in [2.45, 2.75) is 53.0 Å². The van der Waals surface area contributed by atoms with E-state index in [1.54, 1.807) is 4.90 Å². The van der Waals surface area contributed by atoms with Crippen molar-refractivity contribution < 1.29 is 14.7 Å². The molecule has 0 aliphatic heterocycles. The summed E-state index contributed by atoms with van der Waals surface area (Å²) in [6, 6.07) is 0. The smallest absolute Gasteiger partial charge is 0.358 e. The molecular formula is C14H24N4O3. The first-order valence-corrected chi connectivity index (χ1v) is 7.44. The van der Waals surface area contributed by atoms with Crippen LogP contribution in [0.4, 0.5) is 0 Å². The van der Waals surface area contributed by atoms with Gasteiger partial charge < -0.3 is 10.0 Å². The Morgan fingerprint density at radius 1 is 1.19 bits per heavy atom. The number of carboxylic acids is 1. The minimum Gasteiger partial charge on any atom is -0.476 e. The minimum absolute atomic E-state index is 0.0355. The molecular weight excluding hydrogens is 272 g/mol. The fourth-order valence-electron chi connectivity index (χ4n) is 2.47. The van der Waals surface area contributed by atoms with E-state index >= 15 is 0 Å². The molecule has 0 spiro atoms. The third-order valence-electron chi connectivity index (χ3n) is 3.75. The van der Waals surface area contributed by atoms with Crippen molar-refractivity contribution in [1.82, 2.24) is 19.9 Å². The summed E-state index contributed by atoms with van der Waals surface area (Å²) in [5.74, 6) is -1.14. The second-order valence-electron chi connectivity index (χ2n) is 4.87. The standard InChI is InChI=1S/C14H24N4O3/c1-5-10(6-2)13-12(14(20)21)15-16-18(13)9-11(19)17(7-3)8-4/h10H,5-9H2,1-4H3,(H,20,21). The molecule has 0 bridgehead atoms. The molecule has 7 nitrogen and oxygen atoms in total. The molecule has 0 unspecified atom stereocenters. The number of amides is 1. The Labute approximate surface area is 124 Å². The van der Waals surface area contributed by atoms with Crippen LogP contribution in [0.5, 0.6) is 0 Å². The van der Waals surface area contributed by atoms with Gasteiger partial charge in [0.15, 0.2) is 5.69 Å². The van der Waals surface area contributed by atoms with Gasteiger partial charge in [-0.15, -0.1) is 5.10 Å². The Hall–Kier alpha value is -1.92. The van der Waals surface area contributed by atoms with Gasteiger partial charge >= 0.3 is 5.97 Å². The highest BCUT2D eigenvalue weighted by molar-refractivity contribution is 5.87. The van der Waals surface area contributed by atoms with Gasteiger partial charge in [0.25, 0.3) is 0 Å². The van der Waals surface area contributed by atoms with Crippen molar-refractivity contribution in [1.29, 1.82) is 0 Å². The number of nitrogens with zero attached hydrogens (tertiary/aromatic N) is 4. The fraction of sp³-hybridized carbons (Fsp3) is 0.714. The third-order valence-corrected chi connectivity index (χ3v) is 3.75. The summed E-state index contributed by atoms with van der Waals surface area (Å²) < 4.78 is 1.45. The maximum absolute atomic E-state index is 12.2. The van der Waals surface area contributed by atoms with Crippen LogP contribution in [-0.4, -0.2) is 50.0 Å². The number of hydrogen-bond donors (Lipinski definition) is 1. The van der Waals surface area contributed by atoms with E-state index in [1.807, 2.05) is 27.7 Å². The molecule has 0 aliphatic carbocycles. The van der Waals surface area contributed by atoms with Crippen LogP contribution in [0.25, 0.3) is 0 Å². The first-order chi connectivity index (χ1) is 9.99. The number of hydrogen-bond acceptors (Lipinski definition) is 4. The van der Waals surface area contributed by atoms with Crippen molar-refractivity contribution in [2.24, 2.45) is 0 Å². The highest BCUT2D eigenvalue weighted by atomic mass is 16.4. The van der Waals surface area contributed by atoms with Crippen LogP contribution in [0.2, 0.25) is 0 Å². The average molecular weight is 296 g/mol. The zero-order valence-corrected chi connectivity index (χ0v) is 13.2. The van der Waals surface area contributed by atoms with Crippen LogP contribution in [0.15, 0.2) is 0 Å². The van der Waals surface area contributed by atoms with Gasteiger partial charge in [-0.2, -0.15) is 0 Å². The number of rotatable bonds is 8. The maximum Gasteiger partial charge on any atom is 0.358 e. The molecule has 1 heterocycles. The number of carboxylic acid groups (broad SMARTS) is 1. The average Bonchev–Trinajstić information content (AvgIpc) is 2.86. The van der Waals surface area contributed by atoms with Gasteiger partial charge in [0.1, 0.15) is 6.54 Å². The lowest BCUT2D eigenvalue weighted by molar-refractivity contribution is -0.131. The number of aromatic carboxylic acids is 1. The van der Waals surface area contributed by atoms with E-state index in [9.17, 15) is 14.7 Å². The van der Waals surface area contributed by atoms with Gasteiger partial charge in [0, 0.05) is 19.0 Å². The number of carbonyl (C=O) groups is 2. The maximum atomic E-state index is 12.2. The predicted octanol–water partition coefficient (Wildman–Crippen LogP) is 1.75. The topological polar surface area (TPSA) is 88.3 Å². The van der Waals surface area contributed by atoms with Crippen LogP contribution >= 0.6 is 0 Å². The molecule has 1 aromatic rings. The summed E-state index contributed by atoms with van der Waals surface area (Å²) in [5.41, 5.74) is 0.504. The van der Waals surface area contributed by atoms with E-state index in [4.69, 9.17) is 0 Å². The summed E-state index contributed by atoms with van der Waals surface area (Å²) in [4.78, 5) is 25.2. The molecule has 7 heteroatoms. The summed E-state index contributed by atoms with van der Waals surface area (Å²) >= 11 is 0. The zero-order valence-electron chi connectivity index (χ0n) is 13.2. The Kier molecular flexibility index (Phi) is 6.33. The van der Waals surface area contributed by atoms with Crippen LogP contribution < -0.4 is 0 Å².